The molecule has 2 aromatic carbocycles. The van der Waals surface area contributed by atoms with Gasteiger partial charge in [0.1, 0.15) is 5.54 Å². The van der Waals surface area contributed by atoms with Crippen molar-refractivity contribution in [2.24, 2.45) is 0 Å². The summed E-state index contributed by atoms with van der Waals surface area (Å²) >= 11 is 1.25. The maximum Gasteiger partial charge on any atom is 0.325 e. The van der Waals surface area contributed by atoms with Gasteiger partial charge in [0.15, 0.2) is 5.01 Å². The number of nitrogens with zero attached hydrogens (tertiary/aromatic N) is 4. The molecule has 3 heterocycles. The SMILES string of the molecule is CCN1C(=O)NC(C)(Cc2nnc(C(=O)c3nc4ccc(-c5ccccc5)cc4s3)o2)C1=O. The molecule has 0 spiro atoms. The van der Waals surface area contributed by atoms with Crippen molar-refractivity contribution in [1.29, 1.82) is 0 Å². The number of hydrogen-bond acceptors (Lipinski definition) is 8. The number of amides is 3. The fraction of sp³-hybridized carbons (Fsp3) is 0.217. The Labute approximate surface area is 192 Å². The van der Waals surface area contributed by atoms with E-state index in [4.69, 9.17) is 4.42 Å². The Balaban J connectivity index is 1.37. The summed E-state index contributed by atoms with van der Waals surface area (Å²) in [4.78, 5) is 43.0. The van der Waals surface area contributed by atoms with Gasteiger partial charge >= 0.3 is 6.03 Å². The quantitative estimate of drug-likeness (QED) is 0.345. The molecule has 10 heteroatoms. The molecule has 1 aliphatic rings. The van der Waals surface area contributed by atoms with E-state index in [9.17, 15) is 14.4 Å². The van der Waals surface area contributed by atoms with Gasteiger partial charge in [-0.1, -0.05) is 36.4 Å². The standard InChI is InChI=1S/C23H19N5O4S/c1-3-28-21(30)23(2,25-22(28)31)12-17-26-27-19(32-17)18(29)20-24-15-10-9-14(11-16(15)33-20)13-7-5-4-6-8-13/h4-11H,3,12H2,1-2H3,(H,25,31). The first-order chi connectivity index (χ1) is 15.9. The molecule has 4 aromatic rings. The zero-order valence-corrected chi connectivity index (χ0v) is 18.7. The molecule has 33 heavy (non-hydrogen) atoms. The molecular formula is C23H19N5O4S. The molecule has 0 aliphatic carbocycles. The first-order valence-electron chi connectivity index (χ1n) is 10.3. The van der Waals surface area contributed by atoms with E-state index >= 15 is 0 Å². The van der Waals surface area contributed by atoms with Crippen LogP contribution in [-0.2, 0) is 11.2 Å². The van der Waals surface area contributed by atoms with E-state index in [1.807, 2.05) is 48.5 Å². The van der Waals surface area contributed by atoms with E-state index in [1.54, 1.807) is 13.8 Å². The van der Waals surface area contributed by atoms with Crippen molar-refractivity contribution in [3.63, 3.8) is 0 Å². The minimum atomic E-state index is -1.20. The van der Waals surface area contributed by atoms with E-state index < -0.39 is 17.4 Å². The zero-order chi connectivity index (χ0) is 23.2. The van der Waals surface area contributed by atoms with Crippen molar-refractivity contribution in [2.45, 2.75) is 25.8 Å². The Morgan fingerprint density at radius 1 is 1.12 bits per heavy atom. The normalized spacial score (nSPS) is 18.2. The lowest BCUT2D eigenvalue weighted by molar-refractivity contribution is -0.130. The Hall–Kier alpha value is -3.92. The van der Waals surface area contributed by atoms with Crippen molar-refractivity contribution in [1.82, 2.24) is 25.4 Å². The van der Waals surface area contributed by atoms with Crippen LogP contribution >= 0.6 is 11.3 Å². The van der Waals surface area contributed by atoms with Gasteiger partial charge in [0, 0.05) is 6.54 Å². The van der Waals surface area contributed by atoms with Crippen LogP contribution in [0.3, 0.4) is 0 Å². The van der Waals surface area contributed by atoms with Gasteiger partial charge in [-0.05, 0) is 37.1 Å². The van der Waals surface area contributed by atoms with Crippen LogP contribution in [0.25, 0.3) is 21.3 Å². The molecule has 1 atom stereocenters. The average Bonchev–Trinajstić information content (AvgIpc) is 3.50. The molecule has 1 fully saturated rings. The maximum atomic E-state index is 12.9. The van der Waals surface area contributed by atoms with Crippen molar-refractivity contribution in [3.05, 3.63) is 65.3 Å². The number of carbonyl (C=O) groups excluding carboxylic acids is 3. The van der Waals surface area contributed by atoms with Crippen LogP contribution in [0.1, 0.15) is 35.4 Å². The highest BCUT2D eigenvalue weighted by atomic mass is 32.1. The lowest BCUT2D eigenvalue weighted by Crippen LogP contribution is -2.46. The molecule has 2 aromatic heterocycles. The highest BCUT2D eigenvalue weighted by Crippen LogP contribution is 2.29. The number of benzene rings is 2. The van der Waals surface area contributed by atoms with Gasteiger partial charge in [-0.15, -0.1) is 21.5 Å². The second-order valence-electron chi connectivity index (χ2n) is 7.89. The van der Waals surface area contributed by atoms with Gasteiger partial charge < -0.3 is 9.73 Å². The molecule has 5 rings (SSSR count). The van der Waals surface area contributed by atoms with E-state index in [1.165, 1.54) is 11.3 Å². The molecule has 166 valence electrons. The van der Waals surface area contributed by atoms with Crippen molar-refractivity contribution in [2.75, 3.05) is 6.54 Å². The monoisotopic (exact) mass is 461 g/mol. The molecule has 1 N–H and O–H groups in total. The summed E-state index contributed by atoms with van der Waals surface area (Å²) in [7, 11) is 0. The first kappa shape index (κ1) is 21.0. The van der Waals surface area contributed by atoms with Gasteiger partial charge in [0.25, 0.3) is 17.6 Å². The molecule has 0 saturated carbocycles. The predicted molar refractivity (Wildman–Crippen MR) is 121 cm³/mol. The summed E-state index contributed by atoms with van der Waals surface area (Å²) in [6, 6.07) is 15.3. The molecular weight excluding hydrogens is 442 g/mol. The number of rotatable bonds is 6. The molecule has 1 aliphatic heterocycles. The molecule has 0 radical (unpaired) electrons. The van der Waals surface area contributed by atoms with Crippen molar-refractivity contribution >= 4 is 39.3 Å². The average molecular weight is 462 g/mol. The third kappa shape index (κ3) is 3.68. The number of carbonyl (C=O) groups is 3. The fourth-order valence-electron chi connectivity index (χ4n) is 3.80. The van der Waals surface area contributed by atoms with Gasteiger partial charge in [-0.2, -0.15) is 0 Å². The fourth-order valence-corrected chi connectivity index (χ4v) is 4.73. The predicted octanol–water partition coefficient (Wildman–Crippen LogP) is 3.45. The number of fused-ring (bicyclic) bond motifs is 1. The Kier molecular flexibility index (Phi) is 5.01. The van der Waals surface area contributed by atoms with Gasteiger partial charge in [-0.25, -0.2) is 9.78 Å². The van der Waals surface area contributed by atoms with Crippen LogP contribution in [0.15, 0.2) is 52.9 Å². The summed E-state index contributed by atoms with van der Waals surface area (Å²) in [5.41, 5.74) is 1.60. The van der Waals surface area contributed by atoms with Gasteiger partial charge in [0.05, 0.1) is 16.6 Å². The van der Waals surface area contributed by atoms with Crippen LogP contribution in [0.5, 0.6) is 0 Å². The zero-order valence-electron chi connectivity index (χ0n) is 17.9. The Morgan fingerprint density at radius 3 is 2.64 bits per heavy atom. The van der Waals surface area contributed by atoms with Crippen LogP contribution in [0, 0.1) is 0 Å². The lowest BCUT2D eigenvalue weighted by atomic mass is 9.98. The third-order valence-electron chi connectivity index (χ3n) is 5.52. The number of urea groups is 1. The molecule has 0 bridgehead atoms. The number of aromatic nitrogens is 3. The topological polar surface area (TPSA) is 118 Å². The lowest BCUT2D eigenvalue weighted by Gasteiger charge is -2.18. The summed E-state index contributed by atoms with van der Waals surface area (Å²) < 4.78 is 6.41. The van der Waals surface area contributed by atoms with Crippen LogP contribution < -0.4 is 5.32 Å². The number of nitrogens with one attached hydrogen (secondary N) is 1. The van der Waals surface area contributed by atoms with Crippen LogP contribution in [0.2, 0.25) is 0 Å². The highest BCUT2D eigenvalue weighted by Gasteiger charge is 2.48. The third-order valence-corrected chi connectivity index (χ3v) is 6.53. The minimum absolute atomic E-state index is 0.0192. The van der Waals surface area contributed by atoms with E-state index in [0.29, 0.717) is 5.52 Å². The molecule has 9 nitrogen and oxygen atoms in total. The number of hydrogen-bond donors (Lipinski definition) is 1. The summed E-state index contributed by atoms with van der Waals surface area (Å²) in [6.07, 6.45) is -0.0192. The van der Waals surface area contributed by atoms with Crippen molar-refractivity contribution < 1.29 is 18.8 Å². The largest absolute Gasteiger partial charge is 0.418 e. The van der Waals surface area contributed by atoms with Crippen molar-refractivity contribution in [3.8, 4) is 11.1 Å². The molecule has 1 unspecified atom stereocenters. The maximum absolute atomic E-state index is 12.9. The number of likely N-dealkylation sites (N-methyl/N-ethyl adjacent to an activating group) is 1. The Bertz CT molecular complexity index is 1400. The minimum Gasteiger partial charge on any atom is -0.418 e. The van der Waals surface area contributed by atoms with Gasteiger partial charge in [0.2, 0.25) is 5.89 Å². The molecule has 3 amide bonds. The first-order valence-corrected chi connectivity index (χ1v) is 11.2. The van der Waals surface area contributed by atoms with E-state index in [0.717, 1.165) is 20.7 Å². The number of ketones is 1. The second kappa shape index (κ2) is 7.89. The number of thiazole rings is 1. The van der Waals surface area contributed by atoms with Crippen LogP contribution in [-0.4, -0.2) is 49.9 Å². The smallest absolute Gasteiger partial charge is 0.325 e. The van der Waals surface area contributed by atoms with E-state index in [-0.39, 0.29) is 35.7 Å². The Morgan fingerprint density at radius 2 is 1.91 bits per heavy atom. The summed E-state index contributed by atoms with van der Waals surface area (Å²) in [5, 5.41) is 10.6. The van der Waals surface area contributed by atoms with Crippen LogP contribution in [0.4, 0.5) is 4.79 Å². The summed E-state index contributed by atoms with van der Waals surface area (Å²) in [6.45, 7) is 3.57. The molecule has 1 saturated heterocycles. The second-order valence-corrected chi connectivity index (χ2v) is 8.92. The highest BCUT2D eigenvalue weighted by molar-refractivity contribution is 7.20. The summed E-state index contributed by atoms with van der Waals surface area (Å²) in [5.74, 6) is -0.986. The van der Waals surface area contributed by atoms with Gasteiger partial charge in [-0.3, -0.25) is 14.5 Å². The number of imide groups is 1. The van der Waals surface area contributed by atoms with E-state index in [2.05, 4.69) is 20.5 Å².